The van der Waals surface area contributed by atoms with Crippen LogP contribution in [0.4, 0.5) is 4.39 Å². The van der Waals surface area contributed by atoms with E-state index in [-0.39, 0.29) is 35.5 Å². The molecule has 30 heavy (non-hydrogen) atoms. The quantitative estimate of drug-likeness (QED) is 0.706. The van der Waals surface area contributed by atoms with E-state index in [4.69, 9.17) is 4.42 Å². The fourth-order valence-corrected chi connectivity index (χ4v) is 3.58. The van der Waals surface area contributed by atoms with Gasteiger partial charge in [0.15, 0.2) is 5.76 Å². The highest BCUT2D eigenvalue weighted by molar-refractivity contribution is 5.91. The highest BCUT2D eigenvalue weighted by Gasteiger charge is 2.25. The van der Waals surface area contributed by atoms with Gasteiger partial charge < -0.3 is 14.6 Å². The van der Waals surface area contributed by atoms with Crippen molar-refractivity contribution in [3.05, 3.63) is 64.4 Å². The lowest BCUT2D eigenvalue weighted by Crippen LogP contribution is -2.47. The maximum atomic E-state index is 13.5. The van der Waals surface area contributed by atoms with Crippen LogP contribution in [0.2, 0.25) is 0 Å². The number of carbonyl (C=O) groups is 2. The van der Waals surface area contributed by atoms with E-state index in [2.05, 4.69) is 10.3 Å². The minimum absolute atomic E-state index is 0.0556. The first-order chi connectivity index (χ1) is 14.4. The number of furan rings is 1. The summed E-state index contributed by atoms with van der Waals surface area (Å²) in [5, 5.41) is 3.06. The normalized spacial score (nSPS) is 14.8. The molecule has 0 unspecified atom stereocenters. The fraction of sp³-hybridized carbons (Fsp3) is 0.333. The number of fused-ring (bicyclic) bond motifs is 1. The number of nitrogens with zero attached hydrogens (tertiary/aromatic N) is 3. The molecule has 156 valence electrons. The maximum absolute atomic E-state index is 13.5. The molecule has 0 saturated carbocycles. The molecule has 8 nitrogen and oxygen atoms in total. The van der Waals surface area contributed by atoms with E-state index in [0.29, 0.717) is 37.2 Å². The second-order valence-electron chi connectivity index (χ2n) is 7.38. The number of aromatic nitrogens is 2. The maximum Gasteiger partial charge on any atom is 0.287 e. The SMILES string of the molecule is Cc1ccc(C(=O)NC2CCN(C(=O)Cn3cnc4ccc(F)cc4c3=O)CC2)o1. The van der Waals surface area contributed by atoms with E-state index in [9.17, 15) is 18.8 Å². The smallest absolute Gasteiger partial charge is 0.287 e. The molecule has 1 aromatic carbocycles. The van der Waals surface area contributed by atoms with E-state index >= 15 is 0 Å². The zero-order valence-electron chi connectivity index (χ0n) is 16.4. The van der Waals surface area contributed by atoms with Gasteiger partial charge in [-0.2, -0.15) is 0 Å². The molecule has 0 atom stereocenters. The van der Waals surface area contributed by atoms with Crippen LogP contribution in [0.15, 0.2) is 45.9 Å². The number of benzene rings is 1. The number of halogens is 1. The number of carbonyl (C=O) groups excluding carboxylic acids is 2. The molecule has 3 aromatic rings. The predicted octanol–water partition coefficient (Wildman–Crippen LogP) is 1.86. The molecular formula is C21H21FN4O4. The average molecular weight is 412 g/mol. The standard InChI is InChI=1S/C21H21FN4O4/c1-13-2-5-18(30-13)20(28)24-15-6-8-25(9-7-15)19(27)11-26-12-23-17-4-3-14(22)10-16(17)21(26)29/h2-5,10,12,15H,6-9,11H2,1H3,(H,24,28). The highest BCUT2D eigenvalue weighted by Crippen LogP contribution is 2.14. The van der Waals surface area contributed by atoms with Gasteiger partial charge in [0.05, 0.1) is 17.2 Å². The molecule has 3 heterocycles. The van der Waals surface area contributed by atoms with Crippen LogP contribution in [-0.4, -0.2) is 45.4 Å². The molecule has 9 heteroatoms. The van der Waals surface area contributed by atoms with E-state index in [1.165, 1.54) is 23.0 Å². The largest absolute Gasteiger partial charge is 0.456 e. The van der Waals surface area contributed by atoms with Gasteiger partial charge in [-0.15, -0.1) is 0 Å². The summed E-state index contributed by atoms with van der Waals surface area (Å²) in [6, 6.07) is 7.10. The van der Waals surface area contributed by atoms with E-state index in [1.807, 2.05) is 0 Å². The van der Waals surface area contributed by atoms with Crippen molar-refractivity contribution in [1.29, 1.82) is 0 Å². The third-order valence-electron chi connectivity index (χ3n) is 5.24. The minimum atomic E-state index is -0.528. The van der Waals surface area contributed by atoms with Crippen LogP contribution in [0.25, 0.3) is 10.9 Å². The summed E-state index contributed by atoms with van der Waals surface area (Å²) in [6.07, 6.45) is 2.51. The fourth-order valence-electron chi connectivity index (χ4n) is 3.58. The Labute approximate surface area is 171 Å². The number of likely N-dealkylation sites (tertiary alicyclic amines) is 1. The Kier molecular flexibility index (Phi) is 5.35. The Morgan fingerprint density at radius 2 is 2.00 bits per heavy atom. The molecule has 1 N–H and O–H groups in total. The summed E-state index contributed by atoms with van der Waals surface area (Å²) < 4.78 is 20.0. The van der Waals surface area contributed by atoms with Gasteiger partial charge in [-0.25, -0.2) is 9.37 Å². The van der Waals surface area contributed by atoms with E-state index < -0.39 is 11.4 Å². The lowest BCUT2D eigenvalue weighted by Gasteiger charge is -2.32. The Hall–Kier alpha value is -3.49. The summed E-state index contributed by atoms with van der Waals surface area (Å²) in [5.41, 5.74) is -0.0721. The van der Waals surface area contributed by atoms with Crippen molar-refractivity contribution in [2.45, 2.75) is 32.4 Å². The summed E-state index contributed by atoms with van der Waals surface area (Å²) in [6.45, 7) is 2.53. The number of hydrogen-bond acceptors (Lipinski definition) is 5. The van der Waals surface area contributed by atoms with Gasteiger partial charge in [0.1, 0.15) is 18.1 Å². The minimum Gasteiger partial charge on any atom is -0.456 e. The van der Waals surface area contributed by atoms with Crippen LogP contribution in [0.5, 0.6) is 0 Å². The van der Waals surface area contributed by atoms with Gasteiger partial charge in [-0.1, -0.05) is 0 Å². The Morgan fingerprint density at radius 3 is 2.70 bits per heavy atom. The number of nitrogens with one attached hydrogen (secondary N) is 1. The molecule has 1 aliphatic heterocycles. The summed E-state index contributed by atoms with van der Waals surface area (Å²) in [5.74, 6) is -0.0818. The van der Waals surface area contributed by atoms with E-state index in [1.54, 1.807) is 24.0 Å². The molecule has 1 aliphatic rings. The van der Waals surface area contributed by atoms with Crippen molar-refractivity contribution in [2.24, 2.45) is 0 Å². The lowest BCUT2D eigenvalue weighted by atomic mass is 10.0. The zero-order valence-corrected chi connectivity index (χ0v) is 16.4. The molecule has 0 radical (unpaired) electrons. The van der Waals surface area contributed by atoms with Crippen LogP contribution in [0, 0.1) is 12.7 Å². The first kappa shape index (κ1) is 19.8. The topological polar surface area (TPSA) is 97.4 Å². The monoisotopic (exact) mass is 412 g/mol. The van der Waals surface area contributed by atoms with Crippen molar-refractivity contribution in [2.75, 3.05) is 13.1 Å². The molecule has 4 rings (SSSR count). The third kappa shape index (κ3) is 4.10. The molecular weight excluding hydrogens is 391 g/mol. The Balaban J connectivity index is 1.35. The van der Waals surface area contributed by atoms with Crippen molar-refractivity contribution < 1.29 is 18.4 Å². The van der Waals surface area contributed by atoms with Crippen molar-refractivity contribution in [3.8, 4) is 0 Å². The number of piperidine rings is 1. The lowest BCUT2D eigenvalue weighted by molar-refractivity contribution is -0.133. The van der Waals surface area contributed by atoms with Crippen LogP contribution in [0.1, 0.15) is 29.2 Å². The van der Waals surface area contributed by atoms with Crippen LogP contribution in [-0.2, 0) is 11.3 Å². The molecule has 0 bridgehead atoms. The van der Waals surface area contributed by atoms with Gasteiger partial charge in [0.25, 0.3) is 11.5 Å². The zero-order chi connectivity index (χ0) is 21.3. The molecule has 0 aliphatic carbocycles. The van der Waals surface area contributed by atoms with Crippen molar-refractivity contribution >= 4 is 22.7 Å². The number of amides is 2. The number of aryl methyl sites for hydroxylation is 1. The second-order valence-corrected chi connectivity index (χ2v) is 7.38. The first-order valence-corrected chi connectivity index (χ1v) is 9.70. The Bertz CT molecular complexity index is 1160. The van der Waals surface area contributed by atoms with Crippen LogP contribution in [0.3, 0.4) is 0 Å². The van der Waals surface area contributed by atoms with Gasteiger partial charge in [-0.05, 0) is 50.1 Å². The third-order valence-corrected chi connectivity index (χ3v) is 5.24. The summed E-state index contributed by atoms with van der Waals surface area (Å²) >= 11 is 0. The molecule has 2 amide bonds. The highest BCUT2D eigenvalue weighted by atomic mass is 19.1. The van der Waals surface area contributed by atoms with Crippen LogP contribution < -0.4 is 10.9 Å². The van der Waals surface area contributed by atoms with Gasteiger partial charge in [0, 0.05) is 19.1 Å². The van der Waals surface area contributed by atoms with Gasteiger partial charge in [-0.3, -0.25) is 19.0 Å². The first-order valence-electron chi connectivity index (χ1n) is 9.70. The molecule has 2 aromatic heterocycles. The van der Waals surface area contributed by atoms with Crippen molar-refractivity contribution in [1.82, 2.24) is 19.8 Å². The Morgan fingerprint density at radius 1 is 1.23 bits per heavy atom. The summed E-state index contributed by atoms with van der Waals surface area (Å²) in [7, 11) is 0. The van der Waals surface area contributed by atoms with Gasteiger partial charge in [0.2, 0.25) is 5.91 Å². The number of rotatable bonds is 4. The van der Waals surface area contributed by atoms with Crippen molar-refractivity contribution in [3.63, 3.8) is 0 Å². The predicted molar refractivity (Wildman–Crippen MR) is 106 cm³/mol. The van der Waals surface area contributed by atoms with Gasteiger partial charge >= 0.3 is 0 Å². The molecule has 1 fully saturated rings. The number of hydrogen-bond donors (Lipinski definition) is 1. The molecule has 0 spiro atoms. The van der Waals surface area contributed by atoms with Crippen LogP contribution >= 0.6 is 0 Å². The summed E-state index contributed by atoms with van der Waals surface area (Å²) in [4.78, 5) is 43.2. The molecule has 1 saturated heterocycles. The average Bonchev–Trinajstić information content (AvgIpc) is 3.17. The second kappa shape index (κ2) is 8.10. The van der Waals surface area contributed by atoms with E-state index in [0.717, 1.165) is 6.07 Å².